The van der Waals surface area contributed by atoms with Crippen molar-refractivity contribution < 1.29 is 13.3 Å². The van der Waals surface area contributed by atoms with Gasteiger partial charge in [0.2, 0.25) is 0 Å². The number of halogens is 1. The van der Waals surface area contributed by atoms with Gasteiger partial charge in [-0.2, -0.15) is 0 Å². The van der Waals surface area contributed by atoms with E-state index < -0.39 is 8.80 Å². The minimum atomic E-state index is -2.54. The van der Waals surface area contributed by atoms with Crippen molar-refractivity contribution in [3.05, 3.63) is 41.2 Å². The average molecular weight is 474 g/mol. The van der Waals surface area contributed by atoms with Crippen molar-refractivity contribution in [3.8, 4) is 0 Å². The highest BCUT2D eigenvalue weighted by atomic mass is 79.9. The molecule has 5 nitrogen and oxygen atoms in total. The molecule has 1 aliphatic heterocycles. The van der Waals surface area contributed by atoms with Crippen molar-refractivity contribution >= 4 is 31.5 Å². The zero-order valence-corrected chi connectivity index (χ0v) is 21.0. The van der Waals surface area contributed by atoms with Crippen LogP contribution in [0.5, 0.6) is 0 Å². The molecule has 1 aliphatic rings. The Bertz CT molecular complexity index is 602. The summed E-state index contributed by atoms with van der Waals surface area (Å²) < 4.78 is 17.9. The zero-order valence-electron chi connectivity index (χ0n) is 18.3. The van der Waals surface area contributed by atoms with Crippen molar-refractivity contribution in [2.24, 2.45) is 0 Å². The summed E-state index contributed by atoms with van der Waals surface area (Å²) in [5.74, 6) is 0. The van der Waals surface area contributed by atoms with Crippen LogP contribution in [-0.4, -0.2) is 46.7 Å². The lowest BCUT2D eigenvalue weighted by Gasteiger charge is -2.29. The largest absolute Gasteiger partial charge is 0.500 e. The van der Waals surface area contributed by atoms with Gasteiger partial charge in [-0.25, -0.2) is 0 Å². The Labute approximate surface area is 182 Å². The highest BCUT2D eigenvalue weighted by Gasteiger charge is 2.39. The molecule has 0 aromatic heterocycles. The molecule has 1 aromatic carbocycles. The molecule has 0 N–H and O–H groups in total. The molecule has 28 heavy (non-hydrogen) atoms. The van der Waals surface area contributed by atoms with E-state index in [1.165, 1.54) is 22.4 Å². The van der Waals surface area contributed by atoms with Crippen LogP contribution < -0.4 is 4.90 Å². The van der Waals surface area contributed by atoms with Crippen molar-refractivity contribution in [2.45, 2.75) is 54.0 Å². The number of hydrogen-bond acceptors (Lipinski definition) is 5. The predicted molar refractivity (Wildman–Crippen MR) is 124 cm³/mol. The Kier molecular flexibility index (Phi) is 10.8. The van der Waals surface area contributed by atoms with Crippen molar-refractivity contribution in [1.29, 1.82) is 0 Å². The fourth-order valence-electron chi connectivity index (χ4n) is 3.88. The molecule has 160 valence electrons. The lowest BCUT2D eigenvalue weighted by Crippen LogP contribution is -2.46. The van der Waals surface area contributed by atoms with E-state index in [2.05, 4.69) is 55.1 Å². The van der Waals surface area contributed by atoms with Gasteiger partial charge in [-0.3, -0.25) is 0 Å². The normalized spacial score (nSPS) is 13.9. The second-order valence-corrected chi connectivity index (χ2v) is 9.79. The maximum atomic E-state index is 5.96. The third-order valence-electron chi connectivity index (χ3n) is 4.74. The number of aryl methyl sites for hydroxylation is 3. The lowest BCUT2D eigenvalue weighted by atomic mass is 10.0. The summed E-state index contributed by atoms with van der Waals surface area (Å²) >= 11 is 0. The van der Waals surface area contributed by atoms with E-state index in [-0.39, 0.29) is 17.0 Å². The first-order valence-corrected chi connectivity index (χ1v) is 12.1. The number of benzene rings is 1. The van der Waals surface area contributed by atoms with Gasteiger partial charge in [-0.1, -0.05) is 17.7 Å². The summed E-state index contributed by atoms with van der Waals surface area (Å²) in [7, 11) is -2.54. The van der Waals surface area contributed by atoms with Crippen LogP contribution in [0.2, 0.25) is 6.04 Å². The Hall–Kier alpha value is -0.863. The minimum absolute atomic E-state index is 0. The van der Waals surface area contributed by atoms with Crippen LogP contribution in [-0.2, 0) is 13.3 Å². The summed E-state index contributed by atoms with van der Waals surface area (Å²) in [4.78, 5) is 4.68. The molecule has 1 aromatic rings. The summed E-state index contributed by atoms with van der Waals surface area (Å²) in [6.07, 6.45) is 5.36. The molecule has 0 fully saturated rings. The van der Waals surface area contributed by atoms with E-state index >= 15 is 0 Å². The van der Waals surface area contributed by atoms with Crippen molar-refractivity contribution in [2.75, 3.05) is 37.9 Å². The Morgan fingerprint density at radius 2 is 1.43 bits per heavy atom. The van der Waals surface area contributed by atoms with E-state index in [1.54, 1.807) is 0 Å². The molecule has 0 aliphatic carbocycles. The van der Waals surface area contributed by atoms with Gasteiger partial charge in [0.1, 0.15) is 0 Å². The van der Waals surface area contributed by atoms with Gasteiger partial charge in [-0.15, -0.1) is 17.0 Å². The van der Waals surface area contributed by atoms with Crippen LogP contribution in [0.15, 0.2) is 24.5 Å². The minimum Gasteiger partial charge on any atom is -0.374 e. The molecule has 0 saturated heterocycles. The van der Waals surface area contributed by atoms with Gasteiger partial charge in [0.25, 0.3) is 0 Å². The summed E-state index contributed by atoms with van der Waals surface area (Å²) in [5.41, 5.74) is 5.29. The molecule has 0 bridgehead atoms. The number of nitrogens with zero attached hydrogens (tertiary/aromatic N) is 2. The highest BCUT2D eigenvalue weighted by Crippen LogP contribution is 2.29. The van der Waals surface area contributed by atoms with Crippen LogP contribution >= 0.6 is 17.0 Å². The van der Waals surface area contributed by atoms with Gasteiger partial charge in [0.15, 0.2) is 0 Å². The summed E-state index contributed by atoms with van der Waals surface area (Å²) in [5, 5.41) is 0. The summed E-state index contributed by atoms with van der Waals surface area (Å²) in [6, 6.07) is 5.37. The van der Waals surface area contributed by atoms with Crippen molar-refractivity contribution in [3.63, 3.8) is 0 Å². The SMILES string of the molecule is Br.CCO[Si](CCCN1C=CN(c2c(C)cc(C)cc2C)C1)(OCC)OCC. The van der Waals surface area contributed by atoms with E-state index in [9.17, 15) is 0 Å². The maximum absolute atomic E-state index is 5.96. The smallest absolute Gasteiger partial charge is 0.374 e. The Balaban J connectivity index is 0.00000392. The molecular formula is C21H37BrN2O3Si. The topological polar surface area (TPSA) is 34.2 Å². The highest BCUT2D eigenvalue weighted by molar-refractivity contribution is 8.93. The van der Waals surface area contributed by atoms with Gasteiger partial charge >= 0.3 is 8.80 Å². The molecule has 0 saturated carbocycles. The average Bonchev–Trinajstić information content (AvgIpc) is 3.03. The predicted octanol–water partition coefficient (Wildman–Crippen LogP) is 5.18. The third kappa shape index (κ3) is 6.59. The van der Waals surface area contributed by atoms with Gasteiger partial charge in [0.05, 0.1) is 6.67 Å². The van der Waals surface area contributed by atoms with E-state index in [1.807, 2.05) is 20.8 Å². The van der Waals surface area contributed by atoms with E-state index in [0.717, 1.165) is 25.7 Å². The van der Waals surface area contributed by atoms with Crippen LogP contribution in [0.1, 0.15) is 43.9 Å². The zero-order chi connectivity index (χ0) is 19.9. The van der Waals surface area contributed by atoms with Crippen LogP contribution in [0.25, 0.3) is 0 Å². The van der Waals surface area contributed by atoms with Crippen LogP contribution in [0.3, 0.4) is 0 Å². The Morgan fingerprint density at radius 3 is 1.93 bits per heavy atom. The first kappa shape index (κ1) is 25.2. The monoisotopic (exact) mass is 472 g/mol. The van der Waals surface area contributed by atoms with E-state index in [0.29, 0.717) is 19.8 Å². The third-order valence-corrected chi connectivity index (χ3v) is 7.89. The lowest BCUT2D eigenvalue weighted by molar-refractivity contribution is 0.0703. The number of anilines is 1. The van der Waals surface area contributed by atoms with Gasteiger partial charge < -0.3 is 23.1 Å². The van der Waals surface area contributed by atoms with Crippen LogP contribution in [0, 0.1) is 20.8 Å². The van der Waals surface area contributed by atoms with Crippen molar-refractivity contribution in [1.82, 2.24) is 4.90 Å². The molecular weight excluding hydrogens is 436 g/mol. The summed E-state index contributed by atoms with van der Waals surface area (Å²) in [6.45, 7) is 16.3. The molecule has 7 heteroatoms. The number of rotatable bonds is 11. The molecule has 0 atom stereocenters. The standard InChI is InChI=1S/C21H36N2O3Si.BrH/c1-7-24-27(25-8-2,26-9-3)14-10-11-22-12-13-23(17-22)21-19(5)15-18(4)16-20(21)6;/h12-13,15-16H,7-11,14,17H2,1-6H3;1H. The first-order valence-electron chi connectivity index (χ1n) is 10.1. The Morgan fingerprint density at radius 1 is 0.893 bits per heavy atom. The number of hydrogen-bond donors (Lipinski definition) is 0. The fraction of sp³-hybridized carbons (Fsp3) is 0.619. The molecule has 0 amide bonds. The van der Waals surface area contributed by atoms with Gasteiger partial charge in [0, 0.05) is 50.5 Å². The molecule has 2 rings (SSSR count). The molecule has 0 radical (unpaired) electrons. The van der Waals surface area contributed by atoms with Gasteiger partial charge in [-0.05, 0) is 59.1 Å². The molecule has 0 unspecified atom stereocenters. The maximum Gasteiger partial charge on any atom is 0.500 e. The van der Waals surface area contributed by atoms with Crippen LogP contribution in [0.4, 0.5) is 5.69 Å². The second kappa shape index (κ2) is 12.0. The first-order chi connectivity index (χ1) is 12.9. The molecule has 1 heterocycles. The second-order valence-electron chi connectivity index (χ2n) is 7.05. The quantitative estimate of drug-likeness (QED) is 0.414. The molecule has 0 spiro atoms. The fourth-order valence-corrected chi connectivity index (χ4v) is 6.47. The van der Waals surface area contributed by atoms with E-state index in [4.69, 9.17) is 13.3 Å².